The van der Waals surface area contributed by atoms with E-state index < -0.39 is 0 Å². The maximum atomic E-state index is 6.42. The van der Waals surface area contributed by atoms with E-state index in [0.717, 1.165) is 38.1 Å². The Morgan fingerprint density at radius 2 is 1.68 bits per heavy atom. The van der Waals surface area contributed by atoms with Gasteiger partial charge >= 0.3 is 0 Å². The van der Waals surface area contributed by atoms with Gasteiger partial charge in [-0.25, -0.2) is 0 Å². The van der Waals surface area contributed by atoms with Crippen LogP contribution >= 0.6 is 0 Å². The highest BCUT2D eigenvalue weighted by atomic mass is 16.5. The summed E-state index contributed by atoms with van der Waals surface area (Å²) in [7, 11) is 0. The molecule has 0 aromatic carbocycles. The van der Waals surface area contributed by atoms with Crippen molar-refractivity contribution in [1.29, 1.82) is 0 Å². The quantitative estimate of drug-likeness (QED) is 0.469. The van der Waals surface area contributed by atoms with Gasteiger partial charge in [-0.15, -0.1) is 0 Å². The predicted octanol–water partition coefficient (Wildman–Crippen LogP) is 6.49. The molecule has 0 saturated carbocycles. The van der Waals surface area contributed by atoms with E-state index in [9.17, 15) is 0 Å². The third kappa shape index (κ3) is 7.95. The molecule has 2 fully saturated rings. The van der Waals surface area contributed by atoms with E-state index in [1.807, 2.05) is 0 Å². The zero-order chi connectivity index (χ0) is 20.9. The zero-order valence-corrected chi connectivity index (χ0v) is 20.1. The summed E-state index contributed by atoms with van der Waals surface area (Å²) in [5.41, 5.74) is 0.150. The summed E-state index contributed by atoms with van der Waals surface area (Å²) in [5.74, 6) is 2.87. The first-order valence-corrected chi connectivity index (χ1v) is 11.8. The molecule has 0 aliphatic carbocycles. The van der Waals surface area contributed by atoms with Crippen molar-refractivity contribution in [1.82, 2.24) is 0 Å². The topological polar surface area (TPSA) is 27.7 Å². The van der Waals surface area contributed by atoms with Crippen molar-refractivity contribution in [3.8, 4) is 0 Å². The molecular weight excluding hydrogens is 348 g/mol. The molecule has 3 heteroatoms. The third-order valence-electron chi connectivity index (χ3n) is 6.88. The average molecular weight is 397 g/mol. The smallest absolute Gasteiger partial charge is 0.0627 e. The van der Waals surface area contributed by atoms with Crippen LogP contribution in [0.2, 0.25) is 0 Å². The third-order valence-corrected chi connectivity index (χ3v) is 6.88. The summed E-state index contributed by atoms with van der Waals surface area (Å²) in [4.78, 5) is 0. The molecule has 0 radical (unpaired) electrons. The number of ether oxygens (including phenoxy) is 3. The maximum Gasteiger partial charge on any atom is 0.0627 e. The van der Waals surface area contributed by atoms with Gasteiger partial charge in [0.2, 0.25) is 0 Å². The van der Waals surface area contributed by atoms with Gasteiger partial charge in [0.15, 0.2) is 0 Å². The normalized spacial score (nSPS) is 31.2. The molecule has 3 nitrogen and oxygen atoms in total. The minimum Gasteiger partial charge on any atom is -0.378 e. The van der Waals surface area contributed by atoms with Crippen LogP contribution in [0.1, 0.15) is 93.9 Å². The Bertz CT molecular complexity index is 443. The Hall–Kier alpha value is -0.120. The first-order valence-electron chi connectivity index (χ1n) is 11.8. The van der Waals surface area contributed by atoms with Crippen LogP contribution < -0.4 is 0 Å². The number of hydrogen-bond acceptors (Lipinski definition) is 3. The minimum absolute atomic E-state index is 0.0395. The van der Waals surface area contributed by atoms with Crippen molar-refractivity contribution in [3.63, 3.8) is 0 Å². The molecule has 0 amide bonds. The molecule has 4 unspecified atom stereocenters. The molecule has 0 bridgehead atoms. The highest BCUT2D eigenvalue weighted by Crippen LogP contribution is 2.40. The van der Waals surface area contributed by atoms with Gasteiger partial charge in [0.25, 0.3) is 0 Å². The fourth-order valence-electron chi connectivity index (χ4n) is 5.01. The van der Waals surface area contributed by atoms with Gasteiger partial charge in [-0.1, -0.05) is 34.6 Å². The van der Waals surface area contributed by atoms with Gasteiger partial charge in [0, 0.05) is 19.8 Å². The molecule has 0 spiro atoms. The summed E-state index contributed by atoms with van der Waals surface area (Å²) in [6.45, 7) is 20.9. The summed E-state index contributed by atoms with van der Waals surface area (Å²) >= 11 is 0. The Morgan fingerprint density at radius 1 is 0.964 bits per heavy atom. The molecule has 28 heavy (non-hydrogen) atoms. The van der Waals surface area contributed by atoms with Crippen molar-refractivity contribution in [2.45, 2.75) is 112 Å². The van der Waals surface area contributed by atoms with Crippen LogP contribution in [0.25, 0.3) is 0 Å². The number of hydrogen-bond donors (Lipinski definition) is 0. The van der Waals surface area contributed by atoms with Crippen LogP contribution in [-0.2, 0) is 14.2 Å². The van der Waals surface area contributed by atoms with E-state index >= 15 is 0 Å². The lowest BCUT2D eigenvalue weighted by molar-refractivity contribution is -0.110. The molecule has 166 valence electrons. The van der Waals surface area contributed by atoms with E-state index in [1.165, 1.54) is 32.1 Å². The lowest BCUT2D eigenvalue weighted by atomic mass is 9.74. The monoisotopic (exact) mass is 396 g/mol. The van der Waals surface area contributed by atoms with E-state index in [2.05, 4.69) is 55.4 Å². The van der Waals surface area contributed by atoms with Crippen LogP contribution in [0.4, 0.5) is 0 Å². The minimum atomic E-state index is -0.0395. The molecule has 0 aromatic heterocycles. The molecule has 0 N–H and O–H groups in total. The van der Waals surface area contributed by atoms with E-state index in [1.54, 1.807) is 0 Å². The highest BCUT2D eigenvalue weighted by Gasteiger charge is 2.38. The Morgan fingerprint density at radius 3 is 2.25 bits per heavy atom. The predicted molar refractivity (Wildman–Crippen MR) is 118 cm³/mol. The summed E-state index contributed by atoms with van der Waals surface area (Å²) in [5, 5.41) is 0. The Balaban J connectivity index is 1.75. The van der Waals surface area contributed by atoms with Gasteiger partial charge in [0.1, 0.15) is 0 Å². The second kappa shape index (κ2) is 10.3. The summed E-state index contributed by atoms with van der Waals surface area (Å²) in [6.07, 6.45) is 8.04. The highest BCUT2D eigenvalue weighted by molar-refractivity contribution is 4.87. The second-order valence-electron chi connectivity index (χ2n) is 11.7. The zero-order valence-electron chi connectivity index (χ0n) is 20.1. The maximum absolute atomic E-state index is 6.42. The second-order valence-corrected chi connectivity index (χ2v) is 11.7. The van der Waals surface area contributed by atoms with Crippen molar-refractivity contribution < 1.29 is 14.2 Å². The van der Waals surface area contributed by atoms with E-state index in [4.69, 9.17) is 14.2 Å². The van der Waals surface area contributed by atoms with Crippen molar-refractivity contribution in [3.05, 3.63) is 0 Å². The molecule has 0 aromatic rings. The van der Waals surface area contributed by atoms with Crippen molar-refractivity contribution in [2.24, 2.45) is 29.1 Å². The first-order chi connectivity index (χ1) is 13.0. The number of rotatable bonds is 8. The van der Waals surface area contributed by atoms with Crippen LogP contribution in [-0.4, -0.2) is 37.6 Å². The van der Waals surface area contributed by atoms with Crippen molar-refractivity contribution in [2.75, 3.05) is 19.8 Å². The SMILES string of the molecule is CC(COC(C)(C)C)CC1CC[C@H](C(C)(C)CC2CC(C(C)C)CCO2)OC1. The van der Waals surface area contributed by atoms with Gasteiger partial charge in [-0.3, -0.25) is 0 Å². The molecule has 2 aliphatic rings. The fraction of sp³-hybridized carbons (Fsp3) is 1.00. The first kappa shape index (κ1) is 24.2. The lowest BCUT2D eigenvalue weighted by Gasteiger charge is -2.43. The van der Waals surface area contributed by atoms with Gasteiger partial charge < -0.3 is 14.2 Å². The molecule has 2 saturated heterocycles. The summed E-state index contributed by atoms with van der Waals surface area (Å²) in [6, 6.07) is 0. The van der Waals surface area contributed by atoms with Gasteiger partial charge in [-0.05, 0) is 88.4 Å². The van der Waals surface area contributed by atoms with Gasteiger partial charge in [-0.2, -0.15) is 0 Å². The van der Waals surface area contributed by atoms with E-state index in [-0.39, 0.29) is 11.0 Å². The molecule has 2 rings (SSSR count). The van der Waals surface area contributed by atoms with Crippen LogP contribution in [0.15, 0.2) is 0 Å². The Labute approximate surface area is 175 Å². The van der Waals surface area contributed by atoms with Crippen molar-refractivity contribution >= 4 is 0 Å². The standard InChI is InChI=1S/C25H48O3/c1-18(2)21-11-12-26-22(14-21)15-25(7,8)23-10-9-20(17-27-23)13-19(3)16-28-24(4,5)6/h18-23H,9-17H2,1-8H3/t19?,20?,21?,22?,23-/m1/s1. The molecule has 5 atom stereocenters. The van der Waals surface area contributed by atoms with Crippen LogP contribution in [0.5, 0.6) is 0 Å². The van der Waals surface area contributed by atoms with Crippen LogP contribution in [0, 0.1) is 29.1 Å². The molecular formula is C25H48O3. The largest absolute Gasteiger partial charge is 0.378 e. The molecule has 2 aliphatic heterocycles. The van der Waals surface area contributed by atoms with Gasteiger partial charge in [0.05, 0.1) is 17.8 Å². The lowest BCUT2D eigenvalue weighted by Crippen LogP contribution is -2.41. The molecule has 2 heterocycles. The fourth-order valence-corrected chi connectivity index (χ4v) is 5.01. The average Bonchev–Trinajstić information content (AvgIpc) is 2.60. The Kier molecular flexibility index (Phi) is 8.85. The van der Waals surface area contributed by atoms with Crippen LogP contribution in [0.3, 0.4) is 0 Å². The van der Waals surface area contributed by atoms with E-state index in [0.29, 0.717) is 24.0 Å². The summed E-state index contributed by atoms with van der Waals surface area (Å²) < 4.78 is 18.5.